The van der Waals surface area contributed by atoms with E-state index in [9.17, 15) is 14.5 Å². The lowest BCUT2D eigenvalue weighted by atomic mass is 9.69. The SMILES string of the molecule is NCC1(Cc2cc(F)cc([N+](=O)[O-])c2)CC2CCC1C2. The Hall–Kier alpha value is -1.49. The van der Waals surface area contributed by atoms with Crippen molar-refractivity contribution in [1.29, 1.82) is 0 Å². The molecule has 3 atom stereocenters. The second-order valence-corrected chi connectivity index (χ2v) is 6.40. The van der Waals surface area contributed by atoms with Crippen molar-refractivity contribution in [2.75, 3.05) is 6.54 Å². The molecule has 2 bridgehead atoms. The van der Waals surface area contributed by atoms with E-state index in [1.165, 1.54) is 31.4 Å². The first kappa shape index (κ1) is 13.5. The molecule has 2 fully saturated rings. The average molecular weight is 278 g/mol. The summed E-state index contributed by atoms with van der Waals surface area (Å²) in [4.78, 5) is 10.3. The Morgan fingerprint density at radius 2 is 2.20 bits per heavy atom. The van der Waals surface area contributed by atoms with E-state index in [-0.39, 0.29) is 11.1 Å². The zero-order valence-electron chi connectivity index (χ0n) is 11.3. The Bertz CT molecular complexity index is 549. The summed E-state index contributed by atoms with van der Waals surface area (Å²) < 4.78 is 13.5. The van der Waals surface area contributed by atoms with Crippen LogP contribution in [0, 0.1) is 33.2 Å². The normalized spacial score (nSPS) is 31.7. The van der Waals surface area contributed by atoms with Gasteiger partial charge in [0.05, 0.1) is 11.0 Å². The molecule has 20 heavy (non-hydrogen) atoms. The summed E-state index contributed by atoms with van der Waals surface area (Å²) in [7, 11) is 0. The lowest BCUT2D eigenvalue weighted by Gasteiger charge is -2.37. The van der Waals surface area contributed by atoms with Gasteiger partial charge in [-0.25, -0.2) is 4.39 Å². The first-order valence-corrected chi connectivity index (χ1v) is 7.16. The van der Waals surface area contributed by atoms with Crippen LogP contribution >= 0.6 is 0 Å². The standard InChI is InChI=1S/C15H19FN2O2/c16-13-4-11(5-14(6-13)18(19)20)8-15(9-17)7-10-1-2-12(15)3-10/h4-6,10,12H,1-3,7-9,17H2. The number of rotatable bonds is 4. The van der Waals surface area contributed by atoms with E-state index < -0.39 is 10.7 Å². The summed E-state index contributed by atoms with van der Waals surface area (Å²) in [5, 5.41) is 10.8. The zero-order chi connectivity index (χ0) is 14.3. The molecule has 0 saturated heterocycles. The summed E-state index contributed by atoms with van der Waals surface area (Å²) in [6, 6.07) is 3.88. The summed E-state index contributed by atoms with van der Waals surface area (Å²) >= 11 is 0. The Labute approximate surface area is 117 Å². The molecule has 2 N–H and O–H groups in total. The van der Waals surface area contributed by atoms with E-state index in [0.29, 0.717) is 24.4 Å². The molecule has 0 amide bonds. The van der Waals surface area contributed by atoms with Gasteiger partial charge in [0.25, 0.3) is 5.69 Å². The lowest BCUT2D eigenvalue weighted by Crippen LogP contribution is -2.37. The maximum Gasteiger partial charge on any atom is 0.272 e. The molecular formula is C15H19FN2O2. The predicted molar refractivity (Wildman–Crippen MR) is 73.7 cm³/mol. The number of fused-ring (bicyclic) bond motifs is 2. The number of hydrogen-bond donors (Lipinski definition) is 1. The van der Waals surface area contributed by atoms with Gasteiger partial charge in [-0.15, -0.1) is 0 Å². The molecule has 1 aromatic carbocycles. The van der Waals surface area contributed by atoms with Crippen LogP contribution < -0.4 is 5.73 Å². The number of benzene rings is 1. The van der Waals surface area contributed by atoms with Crippen molar-refractivity contribution in [2.45, 2.75) is 32.1 Å². The fourth-order valence-electron chi connectivity index (χ4n) is 4.34. The molecular weight excluding hydrogens is 259 g/mol. The van der Waals surface area contributed by atoms with E-state index in [2.05, 4.69) is 0 Å². The Balaban J connectivity index is 1.88. The van der Waals surface area contributed by atoms with Crippen molar-refractivity contribution in [1.82, 2.24) is 0 Å². The number of nitrogens with two attached hydrogens (primary N) is 1. The number of nitro groups is 1. The van der Waals surface area contributed by atoms with Crippen molar-refractivity contribution in [2.24, 2.45) is 23.0 Å². The zero-order valence-corrected chi connectivity index (χ0v) is 11.3. The molecule has 0 radical (unpaired) electrons. The first-order chi connectivity index (χ1) is 9.52. The van der Waals surface area contributed by atoms with Crippen molar-refractivity contribution < 1.29 is 9.31 Å². The van der Waals surface area contributed by atoms with Crippen LogP contribution in [0.3, 0.4) is 0 Å². The summed E-state index contributed by atoms with van der Waals surface area (Å²) in [5.74, 6) is 0.802. The molecule has 108 valence electrons. The molecule has 5 heteroatoms. The van der Waals surface area contributed by atoms with Gasteiger partial charge >= 0.3 is 0 Å². The van der Waals surface area contributed by atoms with Gasteiger partial charge in [0, 0.05) is 6.07 Å². The largest absolute Gasteiger partial charge is 0.330 e. The molecule has 2 aliphatic rings. The van der Waals surface area contributed by atoms with Gasteiger partial charge in [-0.1, -0.05) is 6.42 Å². The van der Waals surface area contributed by atoms with Crippen LogP contribution in [0.1, 0.15) is 31.2 Å². The molecule has 3 rings (SSSR count). The number of non-ortho nitro benzene ring substituents is 1. The monoisotopic (exact) mass is 278 g/mol. The van der Waals surface area contributed by atoms with Crippen LogP contribution in [-0.4, -0.2) is 11.5 Å². The first-order valence-electron chi connectivity index (χ1n) is 7.16. The lowest BCUT2D eigenvalue weighted by molar-refractivity contribution is -0.385. The third-order valence-electron chi connectivity index (χ3n) is 5.22. The van der Waals surface area contributed by atoms with Crippen LogP contribution in [0.25, 0.3) is 0 Å². The highest BCUT2D eigenvalue weighted by atomic mass is 19.1. The van der Waals surface area contributed by atoms with Crippen LogP contribution in [0.2, 0.25) is 0 Å². The summed E-state index contributed by atoms with van der Waals surface area (Å²) in [6.45, 7) is 0.582. The van der Waals surface area contributed by atoms with Gasteiger partial charge in [-0.2, -0.15) is 0 Å². The maximum absolute atomic E-state index is 13.5. The van der Waals surface area contributed by atoms with Crippen molar-refractivity contribution in [3.8, 4) is 0 Å². The van der Waals surface area contributed by atoms with Crippen molar-refractivity contribution >= 4 is 5.69 Å². The van der Waals surface area contributed by atoms with Crippen LogP contribution in [0.5, 0.6) is 0 Å². The number of halogens is 1. The minimum Gasteiger partial charge on any atom is -0.330 e. The Morgan fingerprint density at radius 3 is 2.75 bits per heavy atom. The fourth-order valence-corrected chi connectivity index (χ4v) is 4.34. The molecule has 0 spiro atoms. The minimum atomic E-state index is -0.539. The second-order valence-electron chi connectivity index (χ2n) is 6.40. The fraction of sp³-hybridized carbons (Fsp3) is 0.600. The second kappa shape index (κ2) is 4.81. The van der Waals surface area contributed by atoms with Crippen LogP contribution in [-0.2, 0) is 6.42 Å². The molecule has 3 unspecified atom stereocenters. The van der Waals surface area contributed by atoms with E-state index >= 15 is 0 Å². The number of nitro benzene ring substituents is 1. The average Bonchev–Trinajstić information content (AvgIpc) is 2.98. The van der Waals surface area contributed by atoms with Crippen LogP contribution in [0.15, 0.2) is 18.2 Å². The summed E-state index contributed by atoms with van der Waals surface area (Å²) in [6.07, 6.45) is 5.42. The Morgan fingerprint density at radius 1 is 1.40 bits per heavy atom. The molecule has 0 aromatic heterocycles. The molecule has 4 nitrogen and oxygen atoms in total. The van der Waals surface area contributed by atoms with Crippen molar-refractivity contribution in [3.63, 3.8) is 0 Å². The molecule has 2 saturated carbocycles. The number of hydrogen-bond acceptors (Lipinski definition) is 3. The maximum atomic E-state index is 13.5. The van der Waals surface area contributed by atoms with Gasteiger partial charge in [-0.3, -0.25) is 10.1 Å². The van der Waals surface area contributed by atoms with Gasteiger partial charge in [-0.05, 0) is 61.1 Å². The molecule has 0 aliphatic heterocycles. The van der Waals surface area contributed by atoms with Gasteiger partial charge in [0.2, 0.25) is 0 Å². The third kappa shape index (κ3) is 2.20. The van der Waals surface area contributed by atoms with E-state index in [1.807, 2.05) is 0 Å². The van der Waals surface area contributed by atoms with E-state index in [1.54, 1.807) is 0 Å². The third-order valence-corrected chi connectivity index (χ3v) is 5.22. The molecule has 2 aliphatic carbocycles. The highest BCUT2D eigenvalue weighted by Crippen LogP contribution is 2.56. The van der Waals surface area contributed by atoms with Gasteiger partial charge in [0.1, 0.15) is 5.82 Å². The highest BCUT2D eigenvalue weighted by molar-refractivity contribution is 5.36. The number of nitrogens with zero attached hydrogens (tertiary/aromatic N) is 1. The van der Waals surface area contributed by atoms with E-state index in [0.717, 1.165) is 18.4 Å². The smallest absolute Gasteiger partial charge is 0.272 e. The molecule has 0 heterocycles. The van der Waals surface area contributed by atoms with Gasteiger partial charge in [0.15, 0.2) is 0 Å². The minimum absolute atomic E-state index is 0.0184. The predicted octanol–water partition coefficient (Wildman–Crippen LogP) is 3.04. The van der Waals surface area contributed by atoms with Crippen molar-refractivity contribution in [3.05, 3.63) is 39.7 Å². The Kier molecular flexibility index (Phi) is 3.24. The molecule has 1 aromatic rings. The quantitative estimate of drug-likeness (QED) is 0.679. The van der Waals surface area contributed by atoms with Crippen LogP contribution in [0.4, 0.5) is 10.1 Å². The topological polar surface area (TPSA) is 69.2 Å². The highest BCUT2D eigenvalue weighted by Gasteiger charge is 2.49. The summed E-state index contributed by atoms with van der Waals surface area (Å²) in [5.41, 5.74) is 6.56. The van der Waals surface area contributed by atoms with E-state index in [4.69, 9.17) is 5.73 Å². The van der Waals surface area contributed by atoms with Gasteiger partial charge < -0.3 is 5.73 Å².